The summed E-state index contributed by atoms with van der Waals surface area (Å²) < 4.78 is 16.5. The van der Waals surface area contributed by atoms with Gasteiger partial charge in [-0.25, -0.2) is 9.69 Å². The van der Waals surface area contributed by atoms with E-state index in [2.05, 4.69) is 10.0 Å². The van der Waals surface area contributed by atoms with Crippen molar-refractivity contribution in [2.24, 2.45) is 5.11 Å². The Balaban J connectivity index is 1.51. The second-order valence-electron chi connectivity index (χ2n) is 8.31. The molecule has 0 aliphatic carbocycles. The van der Waals surface area contributed by atoms with Crippen LogP contribution in [-0.4, -0.2) is 42.7 Å². The van der Waals surface area contributed by atoms with E-state index in [-0.39, 0.29) is 13.0 Å². The molecule has 0 spiro atoms. The van der Waals surface area contributed by atoms with Crippen LogP contribution in [0.25, 0.3) is 10.4 Å². The number of methoxy groups -OCH3 is 1. The summed E-state index contributed by atoms with van der Waals surface area (Å²) in [6.07, 6.45) is -0.210. The van der Waals surface area contributed by atoms with Crippen LogP contribution < -0.4 is 9.47 Å². The van der Waals surface area contributed by atoms with E-state index in [1.165, 1.54) is 0 Å². The largest absolute Gasteiger partial charge is 0.493 e. The van der Waals surface area contributed by atoms with Crippen molar-refractivity contribution >= 4 is 12.0 Å². The van der Waals surface area contributed by atoms with Crippen LogP contribution >= 0.6 is 0 Å². The van der Waals surface area contributed by atoms with E-state index in [0.717, 1.165) is 16.0 Å². The number of hydrogen-bond acceptors (Lipinski definition) is 6. The Kier molecular flexibility index (Phi) is 8.05. The van der Waals surface area contributed by atoms with Gasteiger partial charge in [-0.3, -0.25) is 4.79 Å². The summed E-state index contributed by atoms with van der Waals surface area (Å²) in [4.78, 5) is 29.8. The zero-order valence-electron chi connectivity index (χ0n) is 19.8. The molecule has 3 aromatic rings. The predicted octanol–water partition coefficient (Wildman–Crippen LogP) is 5.09. The molecule has 0 radical (unpaired) electrons. The minimum Gasteiger partial charge on any atom is -0.493 e. The van der Waals surface area contributed by atoms with Crippen LogP contribution in [0.1, 0.15) is 16.7 Å². The van der Waals surface area contributed by atoms with Gasteiger partial charge in [-0.2, -0.15) is 0 Å². The summed E-state index contributed by atoms with van der Waals surface area (Å²) in [5.74, 6) is 0.430. The number of rotatable bonds is 10. The van der Waals surface area contributed by atoms with Gasteiger partial charge in [0, 0.05) is 4.91 Å². The van der Waals surface area contributed by atoms with Crippen molar-refractivity contribution in [1.29, 1.82) is 0 Å². The Morgan fingerprint density at radius 3 is 2.42 bits per heavy atom. The van der Waals surface area contributed by atoms with Crippen LogP contribution in [0.15, 0.2) is 84.0 Å². The zero-order chi connectivity index (χ0) is 25.3. The van der Waals surface area contributed by atoms with Crippen molar-refractivity contribution in [3.8, 4) is 11.5 Å². The quantitative estimate of drug-likeness (QED) is 0.225. The molecule has 3 aromatic carbocycles. The Hall–Kier alpha value is -4.49. The molecule has 0 saturated carbocycles. The summed E-state index contributed by atoms with van der Waals surface area (Å²) in [7, 11) is 1.54. The Morgan fingerprint density at radius 1 is 1.06 bits per heavy atom. The van der Waals surface area contributed by atoms with E-state index in [4.69, 9.17) is 19.7 Å². The highest BCUT2D eigenvalue weighted by molar-refractivity contribution is 5.96. The standard InChI is InChI=1S/C27H26N4O5/c1-34-24-13-12-21(16-25(24)35-17-20-10-6-3-7-11-20)15-23(29-30-28)26(32)31-22(18-36-27(31)33)14-19-8-4-2-5-9-19/h2-13,16,22-23H,14-15,17-18H2,1H3/t22-,23+/m0/s1. The topological polar surface area (TPSA) is 114 Å². The number of azide groups is 1. The minimum atomic E-state index is -1.13. The lowest BCUT2D eigenvalue weighted by Gasteiger charge is -2.23. The number of hydrogen-bond donors (Lipinski definition) is 0. The first-order chi connectivity index (χ1) is 17.6. The van der Waals surface area contributed by atoms with E-state index in [1.807, 2.05) is 60.7 Å². The van der Waals surface area contributed by atoms with Crippen LogP contribution in [-0.2, 0) is 29.0 Å². The van der Waals surface area contributed by atoms with Gasteiger partial charge in [0.2, 0.25) is 5.91 Å². The fourth-order valence-corrected chi connectivity index (χ4v) is 4.09. The van der Waals surface area contributed by atoms with Gasteiger partial charge in [-0.1, -0.05) is 71.8 Å². The number of imide groups is 1. The third-order valence-corrected chi connectivity index (χ3v) is 5.88. The fraction of sp³-hybridized carbons (Fsp3) is 0.259. The molecular weight excluding hydrogens is 460 g/mol. The van der Waals surface area contributed by atoms with Gasteiger partial charge < -0.3 is 14.2 Å². The van der Waals surface area contributed by atoms with E-state index in [1.54, 1.807) is 25.3 Å². The second-order valence-corrected chi connectivity index (χ2v) is 8.31. The molecule has 36 heavy (non-hydrogen) atoms. The number of amides is 2. The molecule has 1 aliphatic rings. The molecule has 0 aromatic heterocycles. The van der Waals surface area contributed by atoms with Gasteiger partial charge in [0.25, 0.3) is 0 Å². The molecule has 1 saturated heterocycles. The minimum absolute atomic E-state index is 0.0798. The van der Waals surface area contributed by atoms with Gasteiger partial charge in [-0.05, 0) is 47.2 Å². The molecule has 0 N–H and O–H groups in total. The average molecular weight is 487 g/mol. The van der Waals surface area contributed by atoms with Crippen LogP contribution in [0.5, 0.6) is 11.5 Å². The molecule has 9 nitrogen and oxygen atoms in total. The first kappa shape index (κ1) is 24.6. The van der Waals surface area contributed by atoms with Gasteiger partial charge in [0.05, 0.1) is 13.2 Å². The van der Waals surface area contributed by atoms with Gasteiger partial charge >= 0.3 is 6.09 Å². The van der Waals surface area contributed by atoms with Crippen molar-refractivity contribution in [3.05, 3.63) is 106 Å². The fourth-order valence-electron chi connectivity index (χ4n) is 4.09. The van der Waals surface area contributed by atoms with Crippen molar-refractivity contribution in [1.82, 2.24) is 4.90 Å². The highest BCUT2D eigenvalue weighted by atomic mass is 16.6. The van der Waals surface area contributed by atoms with Crippen molar-refractivity contribution in [2.45, 2.75) is 31.5 Å². The summed E-state index contributed by atoms with van der Waals surface area (Å²) >= 11 is 0. The third kappa shape index (κ3) is 5.95. The molecule has 1 aliphatic heterocycles. The van der Waals surface area contributed by atoms with E-state index in [9.17, 15) is 9.59 Å². The summed E-state index contributed by atoms with van der Waals surface area (Å²) in [5, 5.41) is 3.72. The lowest BCUT2D eigenvalue weighted by Crippen LogP contribution is -2.45. The molecule has 1 heterocycles. The number of benzene rings is 3. The van der Waals surface area contributed by atoms with Gasteiger partial charge in [0.15, 0.2) is 11.5 Å². The number of cyclic esters (lactones) is 1. The SMILES string of the molecule is COc1ccc(C[C@@H](N=[N+]=[N-])C(=O)N2C(=O)OC[C@@H]2Cc2ccccc2)cc1OCc1ccccc1. The Morgan fingerprint density at radius 2 is 1.75 bits per heavy atom. The van der Waals surface area contributed by atoms with E-state index >= 15 is 0 Å². The van der Waals surface area contributed by atoms with E-state index < -0.39 is 24.1 Å². The molecule has 0 bridgehead atoms. The summed E-state index contributed by atoms with van der Waals surface area (Å²) in [6.45, 7) is 0.419. The monoisotopic (exact) mass is 486 g/mol. The smallest absolute Gasteiger partial charge is 0.416 e. The molecule has 184 valence electrons. The van der Waals surface area contributed by atoms with Crippen LogP contribution in [0, 0.1) is 0 Å². The zero-order valence-corrected chi connectivity index (χ0v) is 19.8. The Bertz CT molecular complexity index is 1250. The van der Waals surface area contributed by atoms with Crippen molar-refractivity contribution in [2.75, 3.05) is 13.7 Å². The lowest BCUT2D eigenvalue weighted by atomic mass is 10.0. The number of nitrogens with zero attached hydrogens (tertiary/aromatic N) is 4. The predicted molar refractivity (Wildman–Crippen MR) is 133 cm³/mol. The maximum Gasteiger partial charge on any atom is 0.416 e. The van der Waals surface area contributed by atoms with Crippen LogP contribution in [0.2, 0.25) is 0 Å². The van der Waals surface area contributed by atoms with Gasteiger partial charge in [0.1, 0.15) is 19.3 Å². The Labute approximate surface area is 208 Å². The van der Waals surface area contributed by atoms with Crippen molar-refractivity contribution in [3.63, 3.8) is 0 Å². The van der Waals surface area contributed by atoms with Crippen molar-refractivity contribution < 1.29 is 23.8 Å². The van der Waals surface area contributed by atoms with Crippen LogP contribution in [0.4, 0.5) is 4.79 Å². The molecule has 2 atom stereocenters. The summed E-state index contributed by atoms with van der Waals surface area (Å²) in [5.41, 5.74) is 11.8. The average Bonchev–Trinajstić information content (AvgIpc) is 3.27. The molecule has 0 unspecified atom stereocenters. The normalized spacial score (nSPS) is 15.5. The van der Waals surface area contributed by atoms with E-state index in [0.29, 0.717) is 30.1 Å². The maximum atomic E-state index is 13.4. The first-order valence-corrected chi connectivity index (χ1v) is 11.5. The highest BCUT2D eigenvalue weighted by Gasteiger charge is 2.40. The number of carbonyl (C=O) groups is 2. The highest BCUT2D eigenvalue weighted by Crippen LogP contribution is 2.30. The molecule has 1 fully saturated rings. The first-order valence-electron chi connectivity index (χ1n) is 11.5. The number of ether oxygens (including phenoxy) is 3. The molecule has 2 amide bonds. The third-order valence-electron chi connectivity index (χ3n) is 5.88. The number of carbonyl (C=O) groups excluding carboxylic acids is 2. The molecule has 9 heteroatoms. The second kappa shape index (κ2) is 11.8. The maximum absolute atomic E-state index is 13.4. The van der Waals surface area contributed by atoms with Gasteiger partial charge in [-0.15, -0.1) is 0 Å². The summed E-state index contributed by atoms with van der Waals surface area (Å²) in [6, 6.07) is 22.8. The molecular formula is C27H26N4O5. The molecule has 4 rings (SSSR count). The lowest BCUT2D eigenvalue weighted by molar-refractivity contribution is -0.130. The van der Waals surface area contributed by atoms with Crippen LogP contribution in [0.3, 0.4) is 0 Å².